The summed E-state index contributed by atoms with van der Waals surface area (Å²) in [5, 5.41) is 4.42. The molecule has 2 heterocycles. The molecule has 0 unspecified atom stereocenters. The van der Waals surface area contributed by atoms with E-state index in [9.17, 15) is 13.2 Å². The predicted octanol–water partition coefficient (Wildman–Crippen LogP) is 2.88. The molecule has 1 amide bonds. The molecule has 164 valence electrons. The van der Waals surface area contributed by atoms with E-state index in [-0.39, 0.29) is 16.3 Å². The summed E-state index contributed by atoms with van der Waals surface area (Å²) >= 11 is 1.11. The summed E-state index contributed by atoms with van der Waals surface area (Å²) in [5.41, 5.74) is 0.681. The van der Waals surface area contributed by atoms with Crippen LogP contribution in [0.2, 0.25) is 0 Å². The summed E-state index contributed by atoms with van der Waals surface area (Å²) in [5.74, 6) is 1.10. The molecule has 1 saturated heterocycles. The second-order valence-electron chi connectivity index (χ2n) is 6.78. The molecular formula is C20H26N2O6S2. The van der Waals surface area contributed by atoms with Gasteiger partial charge in [-0.15, -0.1) is 11.3 Å². The maximum absolute atomic E-state index is 13.0. The van der Waals surface area contributed by atoms with Crippen LogP contribution in [0.25, 0.3) is 0 Å². The van der Waals surface area contributed by atoms with E-state index in [1.54, 1.807) is 17.5 Å². The van der Waals surface area contributed by atoms with E-state index in [0.717, 1.165) is 30.6 Å². The minimum absolute atomic E-state index is 0.0613. The third-order valence-corrected chi connectivity index (χ3v) is 7.98. The Morgan fingerprint density at radius 1 is 1.03 bits per heavy atom. The van der Waals surface area contributed by atoms with Crippen LogP contribution in [0, 0.1) is 0 Å². The molecule has 0 spiro atoms. The van der Waals surface area contributed by atoms with Gasteiger partial charge in [-0.3, -0.25) is 4.79 Å². The number of methoxy groups -OCH3 is 3. The first-order valence-corrected chi connectivity index (χ1v) is 11.9. The van der Waals surface area contributed by atoms with Crippen molar-refractivity contribution < 1.29 is 27.4 Å². The molecule has 1 N–H and O–H groups in total. The Hall–Kier alpha value is -2.30. The van der Waals surface area contributed by atoms with Gasteiger partial charge in [0, 0.05) is 31.3 Å². The van der Waals surface area contributed by atoms with Gasteiger partial charge in [0.05, 0.1) is 21.3 Å². The maximum atomic E-state index is 13.0. The summed E-state index contributed by atoms with van der Waals surface area (Å²) in [6.07, 6.45) is 2.70. The quantitative estimate of drug-likeness (QED) is 0.659. The van der Waals surface area contributed by atoms with Crippen molar-refractivity contribution in [3.8, 4) is 17.2 Å². The van der Waals surface area contributed by atoms with Gasteiger partial charge < -0.3 is 19.5 Å². The van der Waals surface area contributed by atoms with Gasteiger partial charge in [-0.2, -0.15) is 4.31 Å². The number of sulfonamides is 1. The van der Waals surface area contributed by atoms with E-state index in [1.807, 2.05) is 0 Å². The minimum atomic E-state index is -3.69. The molecule has 30 heavy (non-hydrogen) atoms. The van der Waals surface area contributed by atoms with Crippen molar-refractivity contribution in [3.05, 3.63) is 34.0 Å². The molecule has 8 nitrogen and oxygen atoms in total. The number of rotatable bonds is 8. The highest BCUT2D eigenvalue weighted by molar-refractivity contribution is 7.89. The molecule has 10 heteroatoms. The molecule has 1 fully saturated rings. The van der Waals surface area contributed by atoms with Crippen molar-refractivity contribution in [1.29, 1.82) is 0 Å². The van der Waals surface area contributed by atoms with Crippen molar-refractivity contribution in [2.45, 2.75) is 30.7 Å². The molecule has 2 aromatic rings. The van der Waals surface area contributed by atoms with Gasteiger partial charge in [-0.25, -0.2) is 8.42 Å². The molecule has 1 aliphatic heterocycles. The van der Waals surface area contributed by atoms with Crippen LogP contribution < -0.4 is 19.5 Å². The van der Waals surface area contributed by atoms with Gasteiger partial charge in [-0.05, 0) is 30.4 Å². The zero-order valence-electron chi connectivity index (χ0n) is 17.3. The number of carbonyl (C=O) groups excluding carboxylic acids is 1. The zero-order chi connectivity index (χ0) is 21.7. The van der Waals surface area contributed by atoms with Crippen LogP contribution in [0.3, 0.4) is 0 Å². The largest absolute Gasteiger partial charge is 0.496 e. The monoisotopic (exact) mass is 454 g/mol. The lowest BCUT2D eigenvalue weighted by atomic mass is 10.1. The third-order valence-electron chi connectivity index (χ3n) is 4.99. The third kappa shape index (κ3) is 4.55. The number of ether oxygens (including phenoxy) is 3. The topological polar surface area (TPSA) is 94.2 Å². The van der Waals surface area contributed by atoms with E-state index in [4.69, 9.17) is 14.2 Å². The molecule has 0 atom stereocenters. The molecule has 1 aromatic heterocycles. The maximum Gasteiger partial charge on any atom is 0.263 e. The summed E-state index contributed by atoms with van der Waals surface area (Å²) in [7, 11) is 0.886. The highest BCUT2D eigenvalue weighted by Gasteiger charge is 2.31. The Labute approximate surface area is 180 Å². The highest BCUT2D eigenvalue weighted by atomic mass is 32.2. The first kappa shape index (κ1) is 22.4. The van der Waals surface area contributed by atoms with E-state index >= 15 is 0 Å². The average molecular weight is 455 g/mol. The van der Waals surface area contributed by atoms with Crippen LogP contribution in [-0.4, -0.2) is 53.0 Å². The number of carbonyl (C=O) groups is 1. The van der Waals surface area contributed by atoms with E-state index < -0.39 is 15.9 Å². The average Bonchev–Trinajstić information content (AvgIpc) is 3.28. The van der Waals surface area contributed by atoms with Crippen molar-refractivity contribution in [3.63, 3.8) is 0 Å². The van der Waals surface area contributed by atoms with Gasteiger partial charge in [0.25, 0.3) is 5.91 Å². The number of nitrogens with one attached hydrogen (secondary N) is 1. The highest BCUT2D eigenvalue weighted by Crippen LogP contribution is 2.34. The Morgan fingerprint density at radius 3 is 2.30 bits per heavy atom. The standard InChI is InChI=1S/C20H26N2O6S2/c1-26-15-12-17(28-3)16(27-2)11-14(15)13-21-20(23)19-18(7-10-29-19)30(24,25)22-8-5-4-6-9-22/h7,10-12H,4-6,8-9,13H2,1-3H3,(H,21,23). The first-order valence-electron chi connectivity index (χ1n) is 9.57. The van der Waals surface area contributed by atoms with Gasteiger partial charge in [0.2, 0.25) is 10.0 Å². The Morgan fingerprint density at radius 2 is 1.67 bits per heavy atom. The molecule has 0 saturated carbocycles. The van der Waals surface area contributed by atoms with Crippen molar-refractivity contribution in [2.24, 2.45) is 0 Å². The fourth-order valence-electron chi connectivity index (χ4n) is 3.40. The number of piperidine rings is 1. The van der Waals surface area contributed by atoms with Gasteiger partial charge in [0.1, 0.15) is 15.5 Å². The molecule has 0 radical (unpaired) electrons. The summed E-state index contributed by atoms with van der Waals surface area (Å²) < 4.78 is 43.4. The van der Waals surface area contributed by atoms with Crippen LogP contribution >= 0.6 is 11.3 Å². The zero-order valence-corrected chi connectivity index (χ0v) is 18.9. The van der Waals surface area contributed by atoms with Gasteiger partial charge in [-0.1, -0.05) is 6.42 Å². The number of thiophene rings is 1. The Kier molecular flexibility index (Phi) is 7.22. The van der Waals surface area contributed by atoms with Crippen LogP contribution in [0.15, 0.2) is 28.5 Å². The summed E-state index contributed by atoms with van der Waals surface area (Å²) in [4.78, 5) is 13.1. The van der Waals surface area contributed by atoms with Crippen LogP contribution in [0.5, 0.6) is 17.2 Å². The van der Waals surface area contributed by atoms with Crippen LogP contribution in [0.4, 0.5) is 0 Å². The molecule has 0 bridgehead atoms. The second-order valence-corrected chi connectivity index (χ2v) is 9.60. The lowest BCUT2D eigenvalue weighted by Crippen LogP contribution is -2.36. The van der Waals surface area contributed by atoms with E-state index in [0.29, 0.717) is 35.9 Å². The minimum Gasteiger partial charge on any atom is -0.496 e. The van der Waals surface area contributed by atoms with Crippen molar-refractivity contribution in [1.82, 2.24) is 9.62 Å². The lowest BCUT2D eigenvalue weighted by molar-refractivity contribution is 0.0951. The SMILES string of the molecule is COc1cc(OC)c(OC)cc1CNC(=O)c1sccc1S(=O)(=O)N1CCCCC1. The normalized spacial score (nSPS) is 14.9. The number of amides is 1. The first-order chi connectivity index (χ1) is 14.4. The predicted molar refractivity (Wildman–Crippen MR) is 114 cm³/mol. The van der Waals surface area contributed by atoms with Gasteiger partial charge in [0.15, 0.2) is 11.5 Å². The Bertz CT molecular complexity index is 997. The van der Waals surface area contributed by atoms with Crippen LogP contribution in [-0.2, 0) is 16.6 Å². The van der Waals surface area contributed by atoms with Crippen LogP contribution in [0.1, 0.15) is 34.5 Å². The molecular weight excluding hydrogens is 428 g/mol. The summed E-state index contributed by atoms with van der Waals surface area (Å²) in [6.45, 7) is 1.12. The summed E-state index contributed by atoms with van der Waals surface area (Å²) in [6, 6.07) is 4.90. The molecule has 3 rings (SSSR count). The molecule has 1 aromatic carbocycles. The van der Waals surface area contributed by atoms with Crippen molar-refractivity contribution >= 4 is 27.3 Å². The second kappa shape index (κ2) is 9.67. The number of benzene rings is 1. The van der Waals surface area contributed by atoms with Gasteiger partial charge >= 0.3 is 0 Å². The molecule has 1 aliphatic rings. The van der Waals surface area contributed by atoms with E-state index in [1.165, 1.54) is 31.7 Å². The fraction of sp³-hybridized carbons (Fsp3) is 0.450. The number of nitrogens with zero attached hydrogens (tertiary/aromatic N) is 1. The smallest absolute Gasteiger partial charge is 0.263 e. The van der Waals surface area contributed by atoms with E-state index in [2.05, 4.69) is 5.32 Å². The fourth-order valence-corrected chi connectivity index (χ4v) is 6.23. The number of hydrogen-bond acceptors (Lipinski definition) is 7. The lowest BCUT2D eigenvalue weighted by Gasteiger charge is -2.25. The number of hydrogen-bond donors (Lipinski definition) is 1. The Balaban J connectivity index is 1.79. The molecule has 0 aliphatic carbocycles. The van der Waals surface area contributed by atoms with Crippen molar-refractivity contribution in [2.75, 3.05) is 34.4 Å².